The molecule has 0 aliphatic carbocycles. The summed E-state index contributed by atoms with van der Waals surface area (Å²) in [7, 11) is 2.09. The Hall–Kier alpha value is -0.820. The fraction of sp³-hybridized carbons (Fsp3) is 0.684. The van der Waals surface area contributed by atoms with Crippen LogP contribution in [0.15, 0.2) is 24.3 Å². The van der Waals surface area contributed by atoms with Crippen molar-refractivity contribution in [3.05, 3.63) is 35.4 Å². The molecule has 0 amide bonds. The van der Waals surface area contributed by atoms with Crippen molar-refractivity contribution in [2.45, 2.75) is 77.7 Å². The van der Waals surface area contributed by atoms with Crippen molar-refractivity contribution in [1.82, 2.24) is 5.32 Å². The standard InChI is InChI=1S/C19H33N/c1-4-6-7-8-9-10-12-19(20-3)18-15-13-17(11-5-2)14-16-18/h13-16,19-20H,4-12H2,1-3H3. The van der Waals surface area contributed by atoms with E-state index in [1.165, 1.54) is 68.9 Å². The van der Waals surface area contributed by atoms with Gasteiger partial charge in [0.2, 0.25) is 0 Å². The largest absolute Gasteiger partial charge is 0.313 e. The van der Waals surface area contributed by atoms with E-state index >= 15 is 0 Å². The minimum atomic E-state index is 0.525. The number of hydrogen-bond donors (Lipinski definition) is 1. The van der Waals surface area contributed by atoms with Gasteiger partial charge < -0.3 is 5.32 Å². The normalized spacial score (nSPS) is 12.6. The van der Waals surface area contributed by atoms with Crippen molar-refractivity contribution < 1.29 is 0 Å². The fourth-order valence-corrected chi connectivity index (χ4v) is 2.81. The van der Waals surface area contributed by atoms with Crippen LogP contribution < -0.4 is 5.32 Å². The summed E-state index contributed by atoms with van der Waals surface area (Å²) in [6.45, 7) is 4.52. The lowest BCUT2D eigenvalue weighted by Gasteiger charge is -2.17. The maximum Gasteiger partial charge on any atom is 0.0317 e. The van der Waals surface area contributed by atoms with Gasteiger partial charge in [-0.15, -0.1) is 0 Å². The lowest BCUT2D eigenvalue weighted by atomic mass is 9.98. The molecule has 0 aliphatic rings. The molecule has 1 atom stereocenters. The molecular weight excluding hydrogens is 242 g/mol. The van der Waals surface area contributed by atoms with Gasteiger partial charge in [0, 0.05) is 6.04 Å². The number of rotatable bonds is 11. The lowest BCUT2D eigenvalue weighted by Crippen LogP contribution is -2.16. The van der Waals surface area contributed by atoms with Crippen molar-refractivity contribution in [3.63, 3.8) is 0 Å². The first-order chi connectivity index (χ1) is 9.81. The van der Waals surface area contributed by atoms with Crippen molar-refractivity contribution in [2.24, 2.45) is 0 Å². The second-order valence-corrected chi connectivity index (χ2v) is 5.89. The first kappa shape index (κ1) is 17.2. The highest BCUT2D eigenvalue weighted by atomic mass is 14.9. The molecule has 1 aromatic carbocycles. The SMILES string of the molecule is CCCCCCCCC(NC)c1ccc(CCC)cc1. The number of unbranched alkanes of at least 4 members (excludes halogenated alkanes) is 5. The minimum absolute atomic E-state index is 0.525. The van der Waals surface area contributed by atoms with Gasteiger partial charge in [-0.2, -0.15) is 0 Å². The molecule has 1 rings (SSSR count). The minimum Gasteiger partial charge on any atom is -0.313 e. The quantitative estimate of drug-likeness (QED) is 0.514. The number of hydrogen-bond acceptors (Lipinski definition) is 1. The van der Waals surface area contributed by atoms with E-state index < -0.39 is 0 Å². The Morgan fingerprint density at radius 3 is 2.10 bits per heavy atom. The van der Waals surface area contributed by atoms with Gasteiger partial charge in [-0.25, -0.2) is 0 Å². The first-order valence-corrected chi connectivity index (χ1v) is 8.57. The third kappa shape index (κ3) is 6.56. The Bertz CT molecular complexity index is 328. The second-order valence-electron chi connectivity index (χ2n) is 5.89. The summed E-state index contributed by atoms with van der Waals surface area (Å²) in [4.78, 5) is 0. The lowest BCUT2D eigenvalue weighted by molar-refractivity contribution is 0.498. The maximum atomic E-state index is 3.47. The van der Waals surface area contributed by atoms with Crippen LogP contribution >= 0.6 is 0 Å². The Morgan fingerprint density at radius 1 is 0.850 bits per heavy atom. The molecule has 1 nitrogen and oxygen atoms in total. The van der Waals surface area contributed by atoms with Gasteiger partial charge in [0.05, 0.1) is 0 Å². The van der Waals surface area contributed by atoms with Crippen LogP contribution in [-0.2, 0) is 6.42 Å². The Kier molecular flexibility index (Phi) is 9.40. The molecule has 1 heteroatoms. The van der Waals surface area contributed by atoms with Gasteiger partial charge >= 0.3 is 0 Å². The highest BCUT2D eigenvalue weighted by Crippen LogP contribution is 2.21. The summed E-state index contributed by atoms with van der Waals surface area (Å²) >= 11 is 0. The van der Waals surface area contributed by atoms with Crippen LogP contribution in [0.2, 0.25) is 0 Å². The molecule has 0 spiro atoms. The van der Waals surface area contributed by atoms with Gasteiger partial charge in [0.15, 0.2) is 0 Å². The third-order valence-electron chi connectivity index (χ3n) is 4.12. The average Bonchev–Trinajstić information content (AvgIpc) is 2.48. The zero-order valence-corrected chi connectivity index (χ0v) is 13.8. The average molecular weight is 275 g/mol. The number of nitrogens with one attached hydrogen (secondary N) is 1. The monoisotopic (exact) mass is 275 g/mol. The van der Waals surface area contributed by atoms with Crippen molar-refractivity contribution in [1.29, 1.82) is 0 Å². The zero-order chi connectivity index (χ0) is 14.6. The number of aryl methyl sites for hydroxylation is 1. The molecular formula is C19H33N. The summed E-state index contributed by atoms with van der Waals surface area (Å²) in [5.74, 6) is 0. The van der Waals surface area contributed by atoms with E-state index in [-0.39, 0.29) is 0 Å². The number of benzene rings is 1. The van der Waals surface area contributed by atoms with Crippen LogP contribution in [0, 0.1) is 0 Å². The predicted octanol–water partition coefficient (Wildman–Crippen LogP) is 5.65. The van der Waals surface area contributed by atoms with Gasteiger partial charge in [-0.1, -0.05) is 83.1 Å². The first-order valence-electron chi connectivity index (χ1n) is 8.57. The predicted molar refractivity (Wildman–Crippen MR) is 90.2 cm³/mol. The third-order valence-corrected chi connectivity index (χ3v) is 4.12. The van der Waals surface area contributed by atoms with Crippen LogP contribution in [0.1, 0.15) is 82.4 Å². The Labute approximate surface area is 126 Å². The van der Waals surface area contributed by atoms with Crippen LogP contribution in [0.25, 0.3) is 0 Å². The molecule has 0 bridgehead atoms. The molecule has 0 aromatic heterocycles. The summed E-state index contributed by atoms with van der Waals surface area (Å²) < 4.78 is 0. The molecule has 1 N–H and O–H groups in total. The van der Waals surface area contributed by atoms with Crippen molar-refractivity contribution >= 4 is 0 Å². The molecule has 1 aromatic rings. The van der Waals surface area contributed by atoms with Gasteiger partial charge in [-0.3, -0.25) is 0 Å². The molecule has 1 unspecified atom stereocenters. The van der Waals surface area contributed by atoms with E-state index in [1.54, 1.807) is 0 Å². The summed E-state index contributed by atoms with van der Waals surface area (Å²) in [5.41, 5.74) is 2.91. The highest BCUT2D eigenvalue weighted by Gasteiger charge is 2.08. The highest BCUT2D eigenvalue weighted by molar-refractivity contribution is 5.25. The maximum absolute atomic E-state index is 3.47. The molecule has 0 aliphatic heterocycles. The fourth-order valence-electron chi connectivity index (χ4n) is 2.81. The summed E-state index contributed by atoms with van der Waals surface area (Å²) in [5, 5.41) is 3.47. The van der Waals surface area contributed by atoms with E-state index in [9.17, 15) is 0 Å². The van der Waals surface area contributed by atoms with Crippen LogP contribution in [-0.4, -0.2) is 7.05 Å². The van der Waals surface area contributed by atoms with E-state index in [4.69, 9.17) is 0 Å². The Balaban J connectivity index is 2.33. The summed E-state index contributed by atoms with van der Waals surface area (Å²) in [6.07, 6.45) is 12.0. The van der Waals surface area contributed by atoms with Crippen LogP contribution in [0.4, 0.5) is 0 Å². The molecule has 0 fully saturated rings. The van der Waals surface area contributed by atoms with E-state index in [0.29, 0.717) is 6.04 Å². The van der Waals surface area contributed by atoms with Crippen molar-refractivity contribution in [3.8, 4) is 0 Å². The zero-order valence-electron chi connectivity index (χ0n) is 13.8. The van der Waals surface area contributed by atoms with E-state index in [0.717, 1.165) is 0 Å². The molecule has 0 saturated carbocycles. The molecule has 0 radical (unpaired) electrons. The molecule has 114 valence electrons. The van der Waals surface area contributed by atoms with Crippen LogP contribution in [0.3, 0.4) is 0 Å². The van der Waals surface area contributed by atoms with Crippen LogP contribution in [0.5, 0.6) is 0 Å². The second kappa shape index (κ2) is 10.9. The molecule has 0 saturated heterocycles. The van der Waals surface area contributed by atoms with E-state index in [2.05, 4.69) is 50.5 Å². The Morgan fingerprint density at radius 2 is 1.50 bits per heavy atom. The van der Waals surface area contributed by atoms with Gasteiger partial charge in [0.1, 0.15) is 0 Å². The van der Waals surface area contributed by atoms with Crippen molar-refractivity contribution in [2.75, 3.05) is 7.05 Å². The summed E-state index contributed by atoms with van der Waals surface area (Å²) in [6, 6.07) is 9.73. The van der Waals surface area contributed by atoms with E-state index in [1.807, 2.05) is 0 Å². The van der Waals surface area contributed by atoms with Gasteiger partial charge in [-0.05, 0) is 31.0 Å². The molecule has 0 heterocycles. The van der Waals surface area contributed by atoms with Gasteiger partial charge in [0.25, 0.3) is 0 Å². The topological polar surface area (TPSA) is 12.0 Å². The molecule has 20 heavy (non-hydrogen) atoms. The smallest absolute Gasteiger partial charge is 0.0317 e.